The number of alkyl halides is 2. The normalized spacial score (nSPS) is 13.3. The largest absolute Gasteiger partial charge is 0.324 e. The number of rotatable bonds is 3. The van der Waals surface area contributed by atoms with Crippen LogP contribution < -0.4 is 5.73 Å². The summed E-state index contributed by atoms with van der Waals surface area (Å²) in [5.74, 6) is -0.888. The Morgan fingerprint density at radius 1 is 1.36 bits per heavy atom. The van der Waals surface area contributed by atoms with Crippen LogP contribution in [0.3, 0.4) is 0 Å². The summed E-state index contributed by atoms with van der Waals surface area (Å²) < 4.78 is 37.4. The summed E-state index contributed by atoms with van der Waals surface area (Å²) in [5.41, 5.74) is 5.61. The summed E-state index contributed by atoms with van der Waals surface area (Å²) in [6, 6.07) is 3.32. The van der Waals surface area contributed by atoms with Gasteiger partial charge >= 0.3 is 0 Å². The Balaban J connectivity index is 3.00. The van der Waals surface area contributed by atoms with Crippen LogP contribution in [0, 0.1) is 5.82 Å². The molecule has 0 aliphatic heterocycles. The van der Waals surface area contributed by atoms with Gasteiger partial charge in [-0.05, 0) is 18.1 Å². The van der Waals surface area contributed by atoms with Crippen molar-refractivity contribution in [3.63, 3.8) is 0 Å². The molecule has 0 heterocycles. The minimum Gasteiger partial charge on any atom is -0.324 e. The van der Waals surface area contributed by atoms with Crippen molar-refractivity contribution in [1.29, 1.82) is 0 Å². The third-order valence-corrected chi connectivity index (χ3v) is 2.13. The van der Waals surface area contributed by atoms with E-state index in [2.05, 4.69) is 0 Å². The van der Waals surface area contributed by atoms with Crippen LogP contribution in [0.4, 0.5) is 13.2 Å². The highest BCUT2D eigenvalue weighted by atomic mass is 19.3. The molecule has 4 heteroatoms. The predicted octanol–water partition coefficient (Wildman–Crippen LogP) is 3.17. The predicted molar refractivity (Wildman–Crippen MR) is 48.6 cm³/mol. The molecule has 1 rings (SSSR count). The maximum Gasteiger partial charge on any atom is 0.266 e. The van der Waals surface area contributed by atoms with E-state index in [1.54, 1.807) is 0 Å². The van der Waals surface area contributed by atoms with E-state index in [1.165, 1.54) is 6.07 Å². The van der Waals surface area contributed by atoms with Gasteiger partial charge in [0.05, 0.1) is 5.56 Å². The van der Waals surface area contributed by atoms with E-state index in [9.17, 15) is 13.2 Å². The minimum atomic E-state index is -2.78. The van der Waals surface area contributed by atoms with E-state index in [-0.39, 0.29) is 6.04 Å². The van der Waals surface area contributed by atoms with Crippen molar-refractivity contribution < 1.29 is 13.2 Å². The smallest absolute Gasteiger partial charge is 0.266 e. The first-order chi connectivity index (χ1) is 6.56. The van der Waals surface area contributed by atoms with Crippen LogP contribution >= 0.6 is 0 Å². The molecule has 0 aliphatic carbocycles. The van der Waals surface area contributed by atoms with Gasteiger partial charge in [0.1, 0.15) is 5.82 Å². The summed E-state index contributed by atoms with van der Waals surface area (Å²) in [6.07, 6.45) is -2.13. The third kappa shape index (κ3) is 2.26. The third-order valence-electron chi connectivity index (χ3n) is 2.13. The molecular weight excluding hydrogens is 191 g/mol. The van der Waals surface area contributed by atoms with E-state index in [0.29, 0.717) is 12.0 Å². The zero-order valence-corrected chi connectivity index (χ0v) is 7.81. The van der Waals surface area contributed by atoms with Gasteiger partial charge in [0.15, 0.2) is 0 Å². The molecule has 0 bridgehead atoms. The van der Waals surface area contributed by atoms with Gasteiger partial charge in [-0.15, -0.1) is 0 Å². The van der Waals surface area contributed by atoms with Crippen LogP contribution in [0.5, 0.6) is 0 Å². The average Bonchev–Trinajstić information content (AvgIpc) is 2.15. The fourth-order valence-corrected chi connectivity index (χ4v) is 1.19. The first-order valence-corrected chi connectivity index (χ1v) is 4.39. The zero-order valence-electron chi connectivity index (χ0n) is 7.81. The van der Waals surface area contributed by atoms with Crippen molar-refractivity contribution in [2.45, 2.75) is 25.8 Å². The fraction of sp³-hybridized carbons (Fsp3) is 0.400. The molecule has 0 saturated heterocycles. The van der Waals surface area contributed by atoms with Crippen LogP contribution in [-0.4, -0.2) is 0 Å². The molecule has 1 aromatic carbocycles. The van der Waals surface area contributed by atoms with Gasteiger partial charge in [-0.3, -0.25) is 0 Å². The molecule has 78 valence electrons. The van der Waals surface area contributed by atoms with Crippen LogP contribution in [0.2, 0.25) is 0 Å². The van der Waals surface area contributed by atoms with E-state index >= 15 is 0 Å². The average molecular weight is 203 g/mol. The monoisotopic (exact) mass is 203 g/mol. The molecule has 0 fully saturated rings. The Hall–Kier alpha value is -1.03. The number of hydrogen-bond acceptors (Lipinski definition) is 1. The van der Waals surface area contributed by atoms with Crippen LogP contribution in [0.25, 0.3) is 0 Å². The lowest BCUT2D eigenvalue weighted by Crippen LogP contribution is -2.09. The molecule has 14 heavy (non-hydrogen) atoms. The van der Waals surface area contributed by atoms with Gasteiger partial charge in [-0.25, -0.2) is 13.2 Å². The molecule has 1 atom stereocenters. The lowest BCUT2D eigenvalue weighted by molar-refractivity contribution is 0.146. The van der Waals surface area contributed by atoms with Crippen LogP contribution in [0.15, 0.2) is 18.2 Å². The fourth-order valence-electron chi connectivity index (χ4n) is 1.19. The van der Waals surface area contributed by atoms with Gasteiger partial charge < -0.3 is 5.73 Å². The molecule has 0 aliphatic rings. The van der Waals surface area contributed by atoms with Gasteiger partial charge in [0, 0.05) is 6.04 Å². The SMILES string of the molecule is CCC(N)c1ccc(C(F)F)c(F)c1. The summed E-state index contributed by atoms with van der Waals surface area (Å²) in [6.45, 7) is 1.85. The van der Waals surface area contributed by atoms with Gasteiger partial charge in [-0.2, -0.15) is 0 Å². The van der Waals surface area contributed by atoms with Crippen LogP contribution in [-0.2, 0) is 0 Å². The molecule has 0 amide bonds. The van der Waals surface area contributed by atoms with E-state index in [4.69, 9.17) is 5.73 Å². The number of benzene rings is 1. The topological polar surface area (TPSA) is 26.0 Å². The van der Waals surface area contributed by atoms with Crippen molar-refractivity contribution in [1.82, 2.24) is 0 Å². The standard InChI is InChI=1S/C10H12F3N/c1-2-9(14)6-3-4-7(10(12)13)8(11)5-6/h3-5,9-10H,2,14H2,1H3. The highest BCUT2D eigenvalue weighted by Gasteiger charge is 2.14. The quantitative estimate of drug-likeness (QED) is 0.802. The van der Waals surface area contributed by atoms with Crippen molar-refractivity contribution in [2.24, 2.45) is 5.73 Å². The van der Waals surface area contributed by atoms with E-state index < -0.39 is 17.8 Å². The molecule has 1 aromatic rings. The maximum absolute atomic E-state index is 13.1. The Bertz CT molecular complexity index is 312. The molecule has 0 aromatic heterocycles. The molecular formula is C10H12F3N. The van der Waals surface area contributed by atoms with Crippen LogP contribution in [0.1, 0.15) is 36.9 Å². The van der Waals surface area contributed by atoms with Crippen molar-refractivity contribution in [3.05, 3.63) is 35.1 Å². The second-order valence-corrected chi connectivity index (χ2v) is 3.10. The van der Waals surface area contributed by atoms with Crippen molar-refractivity contribution in [2.75, 3.05) is 0 Å². The van der Waals surface area contributed by atoms with Gasteiger partial charge in [0.25, 0.3) is 6.43 Å². The second kappa shape index (κ2) is 4.46. The summed E-state index contributed by atoms with van der Waals surface area (Å²) in [4.78, 5) is 0. The van der Waals surface area contributed by atoms with Gasteiger partial charge in [-0.1, -0.05) is 19.1 Å². The molecule has 0 radical (unpaired) electrons. The highest BCUT2D eigenvalue weighted by Crippen LogP contribution is 2.24. The summed E-state index contributed by atoms with van der Waals surface area (Å²) in [7, 11) is 0. The number of halogens is 3. The Labute approximate surface area is 80.7 Å². The molecule has 2 N–H and O–H groups in total. The lowest BCUT2D eigenvalue weighted by Gasteiger charge is -2.10. The zero-order chi connectivity index (χ0) is 10.7. The molecule has 0 saturated carbocycles. The first kappa shape index (κ1) is 11.0. The number of nitrogens with two attached hydrogens (primary N) is 1. The van der Waals surface area contributed by atoms with Crippen molar-refractivity contribution >= 4 is 0 Å². The molecule has 0 spiro atoms. The first-order valence-electron chi connectivity index (χ1n) is 4.39. The Kier molecular flexibility index (Phi) is 3.52. The summed E-state index contributed by atoms with van der Waals surface area (Å²) in [5, 5.41) is 0. The second-order valence-electron chi connectivity index (χ2n) is 3.10. The Morgan fingerprint density at radius 2 is 2.00 bits per heavy atom. The minimum absolute atomic E-state index is 0.295. The highest BCUT2D eigenvalue weighted by molar-refractivity contribution is 5.27. The Morgan fingerprint density at radius 3 is 2.43 bits per heavy atom. The van der Waals surface area contributed by atoms with E-state index in [1.807, 2.05) is 6.92 Å². The molecule has 1 unspecified atom stereocenters. The molecule has 1 nitrogen and oxygen atoms in total. The van der Waals surface area contributed by atoms with Crippen molar-refractivity contribution in [3.8, 4) is 0 Å². The lowest BCUT2D eigenvalue weighted by atomic mass is 10.0. The maximum atomic E-state index is 13.1. The summed E-state index contributed by atoms with van der Waals surface area (Å²) >= 11 is 0. The number of hydrogen-bond donors (Lipinski definition) is 1. The van der Waals surface area contributed by atoms with Gasteiger partial charge in [0.2, 0.25) is 0 Å². The van der Waals surface area contributed by atoms with E-state index in [0.717, 1.165) is 12.1 Å².